The Bertz CT molecular complexity index is 120. The molecule has 0 amide bonds. The molecule has 0 fully saturated rings. The second-order valence-corrected chi connectivity index (χ2v) is 4.23. The maximum Gasteiger partial charge on any atom is 0.0629 e. The van der Waals surface area contributed by atoms with E-state index in [0.717, 1.165) is 6.42 Å². The van der Waals surface area contributed by atoms with Gasteiger partial charge in [0.2, 0.25) is 0 Å². The topological polar surface area (TPSA) is 47.3 Å². The summed E-state index contributed by atoms with van der Waals surface area (Å²) in [5, 5.41) is 0. The van der Waals surface area contributed by atoms with Crippen molar-refractivity contribution in [2.24, 2.45) is 5.84 Å². The molecule has 0 radical (unpaired) electrons. The van der Waals surface area contributed by atoms with Gasteiger partial charge in [0.25, 0.3) is 0 Å². The van der Waals surface area contributed by atoms with Gasteiger partial charge in [0.15, 0.2) is 0 Å². The zero-order valence-corrected chi connectivity index (χ0v) is 10.4. The van der Waals surface area contributed by atoms with Crippen molar-refractivity contribution >= 4 is 0 Å². The Morgan fingerprint density at radius 3 is 2.20 bits per heavy atom. The largest absolute Gasteiger partial charge is 0.383 e. The Morgan fingerprint density at radius 1 is 1.07 bits per heavy atom. The van der Waals surface area contributed by atoms with E-state index in [1.807, 2.05) is 0 Å². The molecule has 0 saturated carbocycles. The number of hydrogen-bond donors (Lipinski definition) is 2. The summed E-state index contributed by atoms with van der Waals surface area (Å²) in [7, 11) is 1.72. The monoisotopic (exact) mass is 216 g/mol. The van der Waals surface area contributed by atoms with E-state index < -0.39 is 0 Å². The Morgan fingerprint density at radius 2 is 1.67 bits per heavy atom. The standard InChI is InChI=1S/C12H28N2O/c1-3-4-5-6-7-8-9-10-12(14-13)11-15-2/h12,14H,3-11,13H2,1-2H3. The Balaban J connectivity index is 3.14. The van der Waals surface area contributed by atoms with Gasteiger partial charge in [-0.2, -0.15) is 0 Å². The quantitative estimate of drug-likeness (QED) is 0.317. The fourth-order valence-electron chi connectivity index (χ4n) is 1.76. The molecule has 1 unspecified atom stereocenters. The average Bonchev–Trinajstić information content (AvgIpc) is 2.26. The summed E-state index contributed by atoms with van der Waals surface area (Å²) in [5.74, 6) is 5.41. The van der Waals surface area contributed by atoms with Gasteiger partial charge in [0, 0.05) is 13.2 Å². The lowest BCUT2D eigenvalue weighted by atomic mass is 10.1. The molecule has 3 nitrogen and oxygen atoms in total. The van der Waals surface area contributed by atoms with E-state index in [-0.39, 0.29) is 0 Å². The average molecular weight is 216 g/mol. The van der Waals surface area contributed by atoms with Crippen LogP contribution >= 0.6 is 0 Å². The second-order valence-electron chi connectivity index (χ2n) is 4.23. The van der Waals surface area contributed by atoms with Crippen LogP contribution in [0.15, 0.2) is 0 Å². The molecule has 0 aromatic heterocycles. The summed E-state index contributed by atoms with van der Waals surface area (Å²) in [6, 6.07) is 0.325. The molecule has 0 aliphatic rings. The van der Waals surface area contributed by atoms with Crippen LogP contribution in [0.3, 0.4) is 0 Å². The first-order chi connectivity index (χ1) is 7.35. The van der Waals surface area contributed by atoms with E-state index in [9.17, 15) is 0 Å². The van der Waals surface area contributed by atoms with Gasteiger partial charge in [-0.3, -0.25) is 11.3 Å². The van der Waals surface area contributed by atoms with Crippen LogP contribution in [0.2, 0.25) is 0 Å². The van der Waals surface area contributed by atoms with Crippen molar-refractivity contribution in [3.05, 3.63) is 0 Å². The summed E-state index contributed by atoms with van der Waals surface area (Å²) in [5.41, 5.74) is 2.79. The SMILES string of the molecule is CCCCCCCCCC(COC)NN. The maximum absolute atomic E-state index is 5.41. The van der Waals surface area contributed by atoms with E-state index >= 15 is 0 Å². The summed E-state index contributed by atoms with van der Waals surface area (Å²) in [4.78, 5) is 0. The van der Waals surface area contributed by atoms with Gasteiger partial charge >= 0.3 is 0 Å². The van der Waals surface area contributed by atoms with Crippen LogP contribution in [-0.4, -0.2) is 19.8 Å². The van der Waals surface area contributed by atoms with Gasteiger partial charge < -0.3 is 4.74 Å². The highest BCUT2D eigenvalue weighted by atomic mass is 16.5. The highest BCUT2D eigenvalue weighted by Gasteiger charge is 2.04. The zero-order valence-electron chi connectivity index (χ0n) is 10.4. The van der Waals surface area contributed by atoms with Crippen molar-refractivity contribution in [3.63, 3.8) is 0 Å². The third-order valence-corrected chi connectivity index (χ3v) is 2.76. The van der Waals surface area contributed by atoms with Gasteiger partial charge in [0.05, 0.1) is 6.61 Å². The van der Waals surface area contributed by atoms with E-state index in [0.29, 0.717) is 12.6 Å². The highest BCUT2D eigenvalue weighted by molar-refractivity contribution is 4.61. The van der Waals surface area contributed by atoms with Gasteiger partial charge in [-0.25, -0.2) is 0 Å². The number of methoxy groups -OCH3 is 1. The lowest BCUT2D eigenvalue weighted by Gasteiger charge is -2.14. The third-order valence-electron chi connectivity index (χ3n) is 2.76. The number of ether oxygens (including phenoxy) is 1. The lowest BCUT2D eigenvalue weighted by Crippen LogP contribution is -2.38. The molecule has 0 rings (SSSR count). The molecule has 3 heteroatoms. The van der Waals surface area contributed by atoms with E-state index in [1.54, 1.807) is 7.11 Å². The van der Waals surface area contributed by atoms with Gasteiger partial charge in [-0.15, -0.1) is 0 Å². The lowest BCUT2D eigenvalue weighted by molar-refractivity contribution is 0.161. The Kier molecular flexibility index (Phi) is 11.9. The summed E-state index contributed by atoms with van der Waals surface area (Å²) < 4.78 is 5.06. The van der Waals surface area contributed by atoms with E-state index in [4.69, 9.17) is 10.6 Å². The van der Waals surface area contributed by atoms with Crippen LogP contribution in [0.4, 0.5) is 0 Å². The molecule has 0 aromatic carbocycles. The van der Waals surface area contributed by atoms with Gasteiger partial charge in [-0.1, -0.05) is 51.9 Å². The van der Waals surface area contributed by atoms with Crippen molar-refractivity contribution in [2.45, 2.75) is 64.3 Å². The summed E-state index contributed by atoms with van der Waals surface area (Å²) in [6.45, 7) is 2.97. The summed E-state index contributed by atoms with van der Waals surface area (Å²) >= 11 is 0. The molecule has 15 heavy (non-hydrogen) atoms. The van der Waals surface area contributed by atoms with Crippen molar-refractivity contribution < 1.29 is 4.74 Å². The van der Waals surface area contributed by atoms with Crippen LogP contribution in [0, 0.1) is 0 Å². The molecule has 1 atom stereocenters. The predicted molar refractivity (Wildman–Crippen MR) is 65.6 cm³/mol. The summed E-state index contributed by atoms with van der Waals surface area (Å²) in [6.07, 6.45) is 10.6. The van der Waals surface area contributed by atoms with Crippen LogP contribution in [0.1, 0.15) is 58.3 Å². The molecule has 3 N–H and O–H groups in total. The first-order valence-electron chi connectivity index (χ1n) is 6.30. The first-order valence-corrected chi connectivity index (χ1v) is 6.30. The van der Waals surface area contributed by atoms with Gasteiger partial charge in [0.1, 0.15) is 0 Å². The minimum Gasteiger partial charge on any atom is -0.383 e. The molecule has 0 aliphatic carbocycles. The minimum absolute atomic E-state index is 0.325. The predicted octanol–water partition coefficient (Wildman–Crippen LogP) is 2.61. The van der Waals surface area contributed by atoms with Crippen LogP contribution < -0.4 is 11.3 Å². The number of nitrogens with one attached hydrogen (secondary N) is 1. The molecule has 0 bridgehead atoms. The highest BCUT2D eigenvalue weighted by Crippen LogP contribution is 2.09. The molecule has 0 heterocycles. The zero-order chi connectivity index (χ0) is 11.4. The Hall–Kier alpha value is -0.120. The molecule has 0 saturated heterocycles. The van der Waals surface area contributed by atoms with E-state index in [1.165, 1.54) is 44.9 Å². The Labute approximate surface area is 94.7 Å². The molecule has 92 valence electrons. The fourth-order valence-corrected chi connectivity index (χ4v) is 1.76. The second kappa shape index (κ2) is 12.0. The van der Waals surface area contributed by atoms with Crippen molar-refractivity contribution in [2.75, 3.05) is 13.7 Å². The van der Waals surface area contributed by atoms with Crippen LogP contribution in [-0.2, 0) is 4.74 Å². The van der Waals surface area contributed by atoms with E-state index in [2.05, 4.69) is 12.3 Å². The fraction of sp³-hybridized carbons (Fsp3) is 1.00. The molecule has 0 spiro atoms. The smallest absolute Gasteiger partial charge is 0.0629 e. The number of hydrazine groups is 1. The van der Waals surface area contributed by atoms with Gasteiger partial charge in [-0.05, 0) is 6.42 Å². The molecule has 0 aliphatic heterocycles. The van der Waals surface area contributed by atoms with Crippen molar-refractivity contribution in [1.29, 1.82) is 0 Å². The van der Waals surface area contributed by atoms with Crippen molar-refractivity contribution in [1.82, 2.24) is 5.43 Å². The minimum atomic E-state index is 0.325. The normalized spacial score (nSPS) is 13.0. The molecular formula is C12H28N2O. The van der Waals surface area contributed by atoms with Crippen LogP contribution in [0.25, 0.3) is 0 Å². The first kappa shape index (κ1) is 14.9. The van der Waals surface area contributed by atoms with Crippen molar-refractivity contribution in [3.8, 4) is 0 Å². The maximum atomic E-state index is 5.41. The molecule has 0 aromatic rings. The third kappa shape index (κ3) is 10.2. The molecular weight excluding hydrogens is 188 g/mol. The number of unbranched alkanes of at least 4 members (excludes halogenated alkanes) is 6. The number of rotatable bonds is 11. The number of nitrogens with two attached hydrogens (primary N) is 1. The number of hydrogen-bond acceptors (Lipinski definition) is 3. The van der Waals surface area contributed by atoms with Crippen LogP contribution in [0.5, 0.6) is 0 Å².